The zero-order chi connectivity index (χ0) is 18.4. The van der Waals surface area contributed by atoms with Gasteiger partial charge in [0.2, 0.25) is 0 Å². The Morgan fingerprint density at radius 2 is 1.50 bits per heavy atom. The minimum absolute atomic E-state index is 0.218. The molecule has 0 radical (unpaired) electrons. The predicted molar refractivity (Wildman–Crippen MR) is 92.9 cm³/mol. The molecule has 0 aliphatic carbocycles. The molecule has 4 N–H and O–H groups in total. The second-order valence-electron chi connectivity index (χ2n) is 7.47. The summed E-state index contributed by atoms with van der Waals surface area (Å²) in [6.45, 7) is 10.2. The first kappa shape index (κ1) is 20.1. The van der Waals surface area contributed by atoms with E-state index in [0.717, 1.165) is 6.54 Å². The molecule has 6 nitrogen and oxygen atoms in total. The summed E-state index contributed by atoms with van der Waals surface area (Å²) in [7, 11) is 0. The molecule has 0 saturated carbocycles. The molecule has 0 bridgehead atoms. The zero-order valence-corrected chi connectivity index (χ0v) is 14.8. The molecule has 1 saturated heterocycles. The number of hydrogen-bond acceptors (Lipinski definition) is 4. The minimum Gasteiger partial charge on any atom is -0.473 e. The number of nitrogens with one attached hydrogen (secondary N) is 2. The lowest BCUT2D eigenvalue weighted by Crippen LogP contribution is -2.61. The number of aliphatic carboxylic acids is 2. The van der Waals surface area contributed by atoms with Gasteiger partial charge < -0.3 is 20.8 Å². The monoisotopic (exact) mass is 336 g/mol. The molecule has 1 aliphatic heterocycles. The lowest BCUT2D eigenvalue weighted by molar-refractivity contribution is -0.159. The molecular weight excluding hydrogens is 308 g/mol. The first-order valence-electron chi connectivity index (χ1n) is 8.04. The molecule has 1 fully saturated rings. The Morgan fingerprint density at radius 3 is 1.92 bits per heavy atom. The van der Waals surface area contributed by atoms with Crippen molar-refractivity contribution in [1.82, 2.24) is 10.6 Å². The van der Waals surface area contributed by atoms with E-state index in [9.17, 15) is 0 Å². The molecule has 2 rings (SSSR count). The van der Waals surface area contributed by atoms with Gasteiger partial charge in [-0.1, -0.05) is 30.3 Å². The first-order chi connectivity index (χ1) is 11.0. The van der Waals surface area contributed by atoms with E-state index in [1.807, 2.05) is 0 Å². The van der Waals surface area contributed by atoms with E-state index in [2.05, 4.69) is 68.7 Å². The number of benzene rings is 1. The van der Waals surface area contributed by atoms with Crippen LogP contribution in [-0.4, -0.2) is 39.3 Å². The van der Waals surface area contributed by atoms with Crippen molar-refractivity contribution in [2.24, 2.45) is 0 Å². The van der Waals surface area contributed by atoms with Gasteiger partial charge in [-0.3, -0.25) is 0 Å². The number of carbonyl (C=O) groups is 2. The van der Waals surface area contributed by atoms with E-state index >= 15 is 0 Å². The third-order valence-electron chi connectivity index (χ3n) is 3.81. The quantitative estimate of drug-likeness (QED) is 0.632. The van der Waals surface area contributed by atoms with Gasteiger partial charge in [0.05, 0.1) is 0 Å². The van der Waals surface area contributed by atoms with Crippen LogP contribution >= 0.6 is 0 Å². The van der Waals surface area contributed by atoms with E-state index in [1.165, 1.54) is 18.4 Å². The Hall–Kier alpha value is -1.92. The first-order valence-corrected chi connectivity index (χ1v) is 8.04. The highest BCUT2D eigenvalue weighted by Gasteiger charge is 2.37. The van der Waals surface area contributed by atoms with Gasteiger partial charge in [-0.25, -0.2) is 9.59 Å². The molecule has 134 valence electrons. The maximum Gasteiger partial charge on any atom is 0.414 e. The molecule has 0 spiro atoms. The molecular formula is C18H28N2O4. The highest BCUT2D eigenvalue weighted by Crippen LogP contribution is 2.28. The zero-order valence-electron chi connectivity index (χ0n) is 14.8. The smallest absolute Gasteiger partial charge is 0.414 e. The Morgan fingerprint density at radius 1 is 1.04 bits per heavy atom. The van der Waals surface area contributed by atoms with Gasteiger partial charge in [-0.15, -0.1) is 0 Å². The molecule has 0 unspecified atom stereocenters. The van der Waals surface area contributed by atoms with Crippen LogP contribution in [0.4, 0.5) is 0 Å². The average molecular weight is 336 g/mol. The van der Waals surface area contributed by atoms with Crippen molar-refractivity contribution < 1.29 is 19.8 Å². The third-order valence-corrected chi connectivity index (χ3v) is 3.81. The second kappa shape index (κ2) is 8.26. The van der Waals surface area contributed by atoms with Gasteiger partial charge in [0, 0.05) is 23.7 Å². The molecule has 0 amide bonds. The Labute approximate surface area is 143 Å². The highest BCUT2D eigenvalue weighted by atomic mass is 16.4. The van der Waals surface area contributed by atoms with Crippen LogP contribution in [0.15, 0.2) is 30.3 Å². The Balaban J connectivity index is 0.000000413. The average Bonchev–Trinajstić information content (AvgIpc) is 2.43. The van der Waals surface area contributed by atoms with Gasteiger partial charge in [0.15, 0.2) is 0 Å². The predicted octanol–water partition coefficient (Wildman–Crippen LogP) is 2.24. The van der Waals surface area contributed by atoms with Crippen molar-refractivity contribution in [3.05, 3.63) is 35.9 Å². The second-order valence-corrected chi connectivity index (χ2v) is 7.47. The molecule has 1 aromatic carbocycles. The number of rotatable bonds is 3. The normalized spacial score (nSPS) is 19.0. The fourth-order valence-electron chi connectivity index (χ4n) is 3.32. The van der Waals surface area contributed by atoms with Crippen molar-refractivity contribution >= 4 is 11.9 Å². The van der Waals surface area contributed by atoms with Gasteiger partial charge in [0.1, 0.15) is 0 Å². The standard InChI is InChI=1S/C16H26N2.C2H2O4/c1-15(2)10-14(11-16(3,4)18-15)17-12-13-8-6-5-7-9-13;3-1(4)2(5)6/h5-9,14,17-18H,10-12H2,1-4H3;(H,3,4)(H,5,6). The lowest BCUT2D eigenvalue weighted by Gasteiger charge is -2.46. The summed E-state index contributed by atoms with van der Waals surface area (Å²) in [6, 6.07) is 11.2. The summed E-state index contributed by atoms with van der Waals surface area (Å²) in [4.78, 5) is 18.2. The number of carboxylic acids is 2. The Bertz CT molecular complexity index is 527. The van der Waals surface area contributed by atoms with Crippen LogP contribution in [-0.2, 0) is 16.1 Å². The van der Waals surface area contributed by atoms with E-state index in [0.29, 0.717) is 6.04 Å². The molecule has 1 aliphatic rings. The largest absolute Gasteiger partial charge is 0.473 e. The minimum atomic E-state index is -1.82. The van der Waals surface area contributed by atoms with Gasteiger partial charge in [-0.2, -0.15) is 0 Å². The maximum absolute atomic E-state index is 9.10. The van der Waals surface area contributed by atoms with Crippen molar-refractivity contribution in [2.45, 2.75) is 64.2 Å². The van der Waals surface area contributed by atoms with Crippen LogP contribution in [0.1, 0.15) is 46.1 Å². The molecule has 1 aromatic rings. The SMILES string of the molecule is CC1(C)CC(NCc2ccccc2)CC(C)(C)N1.O=C(O)C(=O)O. The fraction of sp³-hybridized carbons (Fsp3) is 0.556. The molecule has 24 heavy (non-hydrogen) atoms. The number of hydrogen-bond donors (Lipinski definition) is 4. The topological polar surface area (TPSA) is 98.7 Å². The molecule has 6 heteroatoms. The van der Waals surface area contributed by atoms with Crippen LogP contribution in [0.25, 0.3) is 0 Å². The summed E-state index contributed by atoms with van der Waals surface area (Å²) < 4.78 is 0. The summed E-state index contributed by atoms with van der Waals surface area (Å²) in [6.07, 6.45) is 2.37. The van der Waals surface area contributed by atoms with Crippen molar-refractivity contribution in [3.8, 4) is 0 Å². The van der Waals surface area contributed by atoms with Crippen LogP contribution in [0, 0.1) is 0 Å². The summed E-state index contributed by atoms with van der Waals surface area (Å²) in [5.41, 5.74) is 1.80. The van der Waals surface area contributed by atoms with E-state index in [-0.39, 0.29) is 11.1 Å². The molecule has 0 atom stereocenters. The van der Waals surface area contributed by atoms with Crippen LogP contribution in [0.5, 0.6) is 0 Å². The van der Waals surface area contributed by atoms with Crippen LogP contribution in [0.3, 0.4) is 0 Å². The highest BCUT2D eigenvalue weighted by molar-refractivity contribution is 6.27. The summed E-state index contributed by atoms with van der Waals surface area (Å²) in [5.74, 6) is -3.65. The Kier molecular flexibility index (Phi) is 6.93. The maximum atomic E-state index is 9.10. The third kappa shape index (κ3) is 7.57. The fourth-order valence-corrected chi connectivity index (χ4v) is 3.32. The van der Waals surface area contributed by atoms with Crippen molar-refractivity contribution in [3.63, 3.8) is 0 Å². The number of carboxylic acid groups (broad SMARTS) is 2. The van der Waals surface area contributed by atoms with E-state index in [1.54, 1.807) is 0 Å². The van der Waals surface area contributed by atoms with E-state index < -0.39 is 11.9 Å². The number of piperidine rings is 1. The molecule has 1 heterocycles. The van der Waals surface area contributed by atoms with Crippen molar-refractivity contribution in [2.75, 3.05) is 0 Å². The van der Waals surface area contributed by atoms with Crippen molar-refractivity contribution in [1.29, 1.82) is 0 Å². The van der Waals surface area contributed by atoms with Gasteiger partial charge >= 0.3 is 11.9 Å². The molecule has 0 aromatic heterocycles. The van der Waals surface area contributed by atoms with E-state index in [4.69, 9.17) is 19.8 Å². The lowest BCUT2D eigenvalue weighted by atomic mass is 9.79. The van der Waals surface area contributed by atoms with Crippen LogP contribution < -0.4 is 10.6 Å². The van der Waals surface area contributed by atoms with Crippen LogP contribution in [0.2, 0.25) is 0 Å². The van der Waals surface area contributed by atoms with Gasteiger partial charge in [0.25, 0.3) is 0 Å². The summed E-state index contributed by atoms with van der Waals surface area (Å²) >= 11 is 0. The summed E-state index contributed by atoms with van der Waals surface area (Å²) in [5, 5.41) is 22.2. The van der Waals surface area contributed by atoms with Gasteiger partial charge in [-0.05, 0) is 46.1 Å².